The van der Waals surface area contributed by atoms with Crippen LogP contribution in [0.15, 0.2) is 24.3 Å². The molecule has 1 aromatic carbocycles. The number of nitrogens with zero attached hydrogens (tertiary/aromatic N) is 1. The van der Waals surface area contributed by atoms with Gasteiger partial charge in [-0.1, -0.05) is 25.0 Å². The van der Waals surface area contributed by atoms with E-state index in [1.807, 2.05) is 6.07 Å². The van der Waals surface area contributed by atoms with Crippen LogP contribution in [0.2, 0.25) is 0 Å². The third-order valence-electron chi connectivity index (χ3n) is 3.79. The molecule has 1 fully saturated rings. The lowest BCUT2D eigenvalue weighted by atomic mass is 10.1. The average molecular weight is 248 g/mol. The first-order chi connectivity index (χ1) is 8.83. The maximum atomic E-state index is 5.91. The highest BCUT2D eigenvalue weighted by molar-refractivity contribution is 5.28. The summed E-state index contributed by atoms with van der Waals surface area (Å²) in [6.45, 7) is 2.92. The van der Waals surface area contributed by atoms with Crippen LogP contribution in [0.5, 0.6) is 5.75 Å². The van der Waals surface area contributed by atoms with Gasteiger partial charge < -0.3 is 10.5 Å². The van der Waals surface area contributed by atoms with E-state index in [0.29, 0.717) is 6.04 Å². The molecule has 0 radical (unpaired) electrons. The summed E-state index contributed by atoms with van der Waals surface area (Å²) in [5.74, 6) is 0.937. The molecule has 1 heterocycles. The Balaban J connectivity index is 2.05. The van der Waals surface area contributed by atoms with E-state index in [2.05, 4.69) is 23.1 Å². The van der Waals surface area contributed by atoms with Crippen LogP contribution in [0, 0.1) is 0 Å². The molecule has 0 saturated carbocycles. The quantitative estimate of drug-likeness (QED) is 0.889. The molecule has 100 valence electrons. The number of likely N-dealkylation sites (tertiary alicyclic amines) is 1. The predicted octanol–water partition coefficient (Wildman–Crippen LogP) is 2.40. The van der Waals surface area contributed by atoms with Crippen LogP contribution in [-0.4, -0.2) is 31.1 Å². The molecule has 18 heavy (non-hydrogen) atoms. The van der Waals surface area contributed by atoms with Crippen molar-refractivity contribution in [3.8, 4) is 5.75 Å². The maximum Gasteiger partial charge on any atom is 0.119 e. The number of rotatable bonds is 4. The first-order valence-corrected chi connectivity index (χ1v) is 6.90. The molecule has 0 spiro atoms. The van der Waals surface area contributed by atoms with Gasteiger partial charge in [-0.25, -0.2) is 0 Å². The third kappa shape index (κ3) is 3.47. The van der Waals surface area contributed by atoms with Gasteiger partial charge in [0.2, 0.25) is 0 Å². The van der Waals surface area contributed by atoms with Gasteiger partial charge in [-0.3, -0.25) is 4.90 Å². The van der Waals surface area contributed by atoms with Crippen molar-refractivity contribution in [3.05, 3.63) is 29.8 Å². The fraction of sp³-hybridized carbons (Fsp3) is 0.600. The van der Waals surface area contributed by atoms with E-state index in [4.69, 9.17) is 10.5 Å². The van der Waals surface area contributed by atoms with Crippen LogP contribution in [0.3, 0.4) is 0 Å². The molecular formula is C15H24N2O. The summed E-state index contributed by atoms with van der Waals surface area (Å²) < 4.78 is 5.28. The number of nitrogens with two attached hydrogens (primary N) is 1. The zero-order chi connectivity index (χ0) is 12.8. The Labute approximate surface area is 110 Å². The summed E-state index contributed by atoms with van der Waals surface area (Å²) in [5, 5.41) is 0. The normalized spacial score (nSPS) is 21.6. The van der Waals surface area contributed by atoms with Crippen molar-refractivity contribution in [1.82, 2.24) is 4.90 Å². The maximum absolute atomic E-state index is 5.91. The molecule has 1 atom stereocenters. The van der Waals surface area contributed by atoms with Crippen molar-refractivity contribution in [3.63, 3.8) is 0 Å². The molecular weight excluding hydrogens is 224 g/mol. The van der Waals surface area contributed by atoms with E-state index >= 15 is 0 Å². The summed E-state index contributed by atoms with van der Waals surface area (Å²) in [5.41, 5.74) is 7.22. The van der Waals surface area contributed by atoms with Crippen molar-refractivity contribution in [2.45, 2.75) is 38.3 Å². The molecule has 1 aliphatic heterocycles. The highest BCUT2D eigenvalue weighted by Gasteiger charge is 2.19. The van der Waals surface area contributed by atoms with Gasteiger partial charge in [0.25, 0.3) is 0 Å². The van der Waals surface area contributed by atoms with Crippen molar-refractivity contribution < 1.29 is 4.74 Å². The number of hydrogen-bond acceptors (Lipinski definition) is 3. The molecule has 1 unspecified atom stereocenters. The molecule has 2 rings (SSSR count). The van der Waals surface area contributed by atoms with Gasteiger partial charge in [-0.15, -0.1) is 0 Å². The SMILES string of the molecule is COc1cccc(CN2CCCCCC2CN)c1. The van der Waals surface area contributed by atoms with Gasteiger partial charge in [0.1, 0.15) is 5.75 Å². The van der Waals surface area contributed by atoms with Crippen LogP contribution in [0.4, 0.5) is 0 Å². The number of hydrogen-bond donors (Lipinski definition) is 1. The highest BCUT2D eigenvalue weighted by atomic mass is 16.5. The van der Waals surface area contributed by atoms with Gasteiger partial charge in [-0.2, -0.15) is 0 Å². The van der Waals surface area contributed by atoms with Crippen molar-refractivity contribution in [2.24, 2.45) is 5.73 Å². The second-order valence-corrected chi connectivity index (χ2v) is 5.06. The molecule has 3 nitrogen and oxygen atoms in total. The van der Waals surface area contributed by atoms with Gasteiger partial charge in [0.15, 0.2) is 0 Å². The summed E-state index contributed by atoms with van der Waals surface area (Å²) in [6.07, 6.45) is 5.18. The molecule has 2 N–H and O–H groups in total. The number of benzene rings is 1. The summed E-state index contributed by atoms with van der Waals surface area (Å²) >= 11 is 0. The Morgan fingerprint density at radius 1 is 1.33 bits per heavy atom. The van der Waals surface area contributed by atoms with Gasteiger partial charge in [0, 0.05) is 19.1 Å². The standard InChI is InChI=1S/C15H24N2O/c1-18-15-8-5-6-13(10-15)12-17-9-4-2-3-7-14(17)11-16/h5-6,8,10,14H,2-4,7,9,11-12,16H2,1H3. The second-order valence-electron chi connectivity index (χ2n) is 5.06. The lowest BCUT2D eigenvalue weighted by Crippen LogP contribution is -2.39. The minimum Gasteiger partial charge on any atom is -0.497 e. The molecule has 0 bridgehead atoms. The zero-order valence-corrected chi connectivity index (χ0v) is 11.3. The number of methoxy groups -OCH3 is 1. The van der Waals surface area contributed by atoms with Crippen molar-refractivity contribution in [2.75, 3.05) is 20.2 Å². The number of ether oxygens (including phenoxy) is 1. The van der Waals surface area contributed by atoms with Crippen LogP contribution >= 0.6 is 0 Å². The Morgan fingerprint density at radius 3 is 3.00 bits per heavy atom. The van der Waals surface area contributed by atoms with Gasteiger partial charge in [0.05, 0.1) is 7.11 Å². The van der Waals surface area contributed by atoms with E-state index in [1.54, 1.807) is 7.11 Å². The first-order valence-electron chi connectivity index (χ1n) is 6.90. The minimum atomic E-state index is 0.540. The summed E-state index contributed by atoms with van der Waals surface area (Å²) in [4.78, 5) is 2.53. The van der Waals surface area contributed by atoms with Crippen LogP contribution < -0.4 is 10.5 Å². The molecule has 3 heteroatoms. The molecule has 1 aromatic rings. The largest absolute Gasteiger partial charge is 0.497 e. The lowest BCUT2D eigenvalue weighted by molar-refractivity contribution is 0.195. The Morgan fingerprint density at radius 2 is 2.22 bits per heavy atom. The second kappa shape index (κ2) is 6.76. The smallest absolute Gasteiger partial charge is 0.119 e. The molecule has 0 aliphatic carbocycles. The molecule has 0 amide bonds. The fourth-order valence-corrected chi connectivity index (χ4v) is 2.72. The summed E-state index contributed by atoms with van der Waals surface area (Å²) in [6, 6.07) is 8.88. The molecule has 1 aliphatic rings. The van der Waals surface area contributed by atoms with Gasteiger partial charge in [-0.05, 0) is 37.1 Å². The van der Waals surface area contributed by atoms with Crippen LogP contribution in [-0.2, 0) is 6.54 Å². The van der Waals surface area contributed by atoms with E-state index in [1.165, 1.54) is 37.8 Å². The van der Waals surface area contributed by atoms with E-state index in [0.717, 1.165) is 18.8 Å². The zero-order valence-electron chi connectivity index (χ0n) is 11.3. The molecule has 1 saturated heterocycles. The average Bonchev–Trinajstić information content (AvgIpc) is 2.64. The van der Waals surface area contributed by atoms with Crippen molar-refractivity contribution in [1.29, 1.82) is 0 Å². The van der Waals surface area contributed by atoms with Gasteiger partial charge >= 0.3 is 0 Å². The first kappa shape index (κ1) is 13.4. The van der Waals surface area contributed by atoms with E-state index in [-0.39, 0.29) is 0 Å². The molecule has 0 aromatic heterocycles. The summed E-state index contributed by atoms with van der Waals surface area (Å²) in [7, 11) is 1.72. The Kier molecular flexibility index (Phi) is 5.02. The predicted molar refractivity (Wildman–Crippen MR) is 74.7 cm³/mol. The lowest BCUT2D eigenvalue weighted by Gasteiger charge is -2.29. The van der Waals surface area contributed by atoms with E-state index < -0.39 is 0 Å². The third-order valence-corrected chi connectivity index (χ3v) is 3.79. The van der Waals surface area contributed by atoms with Crippen LogP contribution in [0.1, 0.15) is 31.2 Å². The van der Waals surface area contributed by atoms with Crippen molar-refractivity contribution >= 4 is 0 Å². The Bertz CT molecular complexity index is 367. The monoisotopic (exact) mass is 248 g/mol. The Hall–Kier alpha value is -1.06. The van der Waals surface area contributed by atoms with E-state index in [9.17, 15) is 0 Å². The fourth-order valence-electron chi connectivity index (χ4n) is 2.72. The highest BCUT2D eigenvalue weighted by Crippen LogP contribution is 2.20. The minimum absolute atomic E-state index is 0.540. The topological polar surface area (TPSA) is 38.5 Å². The van der Waals surface area contributed by atoms with Crippen LogP contribution in [0.25, 0.3) is 0 Å².